The van der Waals surface area contributed by atoms with Crippen molar-refractivity contribution in [2.75, 3.05) is 20.3 Å². The SMILES string of the molecule is CCOC(=O)c1c(-c2cccc(F)c2)c(C)n2c1-c1cc(OC)c(OCC)cc1CC2. The fraction of sp³-hybridized carbons (Fsp3) is 0.320. The highest BCUT2D eigenvalue weighted by Gasteiger charge is 2.32. The van der Waals surface area contributed by atoms with Crippen LogP contribution in [0.15, 0.2) is 36.4 Å². The topological polar surface area (TPSA) is 49.7 Å². The van der Waals surface area contributed by atoms with Crippen LogP contribution in [0, 0.1) is 12.7 Å². The summed E-state index contributed by atoms with van der Waals surface area (Å²) >= 11 is 0. The highest BCUT2D eigenvalue weighted by molar-refractivity contribution is 6.05. The third kappa shape index (κ3) is 3.56. The smallest absolute Gasteiger partial charge is 0.340 e. The molecule has 0 bridgehead atoms. The van der Waals surface area contributed by atoms with Gasteiger partial charge in [-0.1, -0.05) is 12.1 Å². The lowest BCUT2D eigenvalue weighted by molar-refractivity contribution is 0.0528. The molecule has 0 saturated carbocycles. The average molecular weight is 423 g/mol. The molecule has 31 heavy (non-hydrogen) atoms. The molecule has 5 nitrogen and oxygen atoms in total. The summed E-state index contributed by atoms with van der Waals surface area (Å²) in [5, 5.41) is 0. The Kier molecular flexibility index (Phi) is 5.72. The van der Waals surface area contributed by atoms with Gasteiger partial charge in [0.25, 0.3) is 0 Å². The van der Waals surface area contributed by atoms with E-state index in [4.69, 9.17) is 14.2 Å². The third-order valence-electron chi connectivity index (χ3n) is 5.67. The molecule has 0 atom stereocenters. The number of methoxy groups -OCH3 is 1. The van der Waals surface area contributed by atoms with E-state index in [1.807, 2.05) is 32.0 Å². The summed E-state index contributed by atoms with van der Waals surface area (Å²) < 4.78 is 32.9. The van der Waals surface area contributed by atoms with Gasteiger partial charge in [-0.3, -0.25) is 0 Å². The summed E-state index contributed by atoms with van der Waals surface area (Å²) in [5.41, 5.74) is 5.47. The van der Waals surface area contributed by atoms with E-state index < -0.39 is 5.97 Å². The molecular weight excluding hydrogens is 397 g/mol. The molecule has 0 amide bonds. The van der Waals surface area contributed by atoms with Crippen LogP contribution in [-0.4, -0.2) is 30.9 Å². The molecule has 1 aliphatic heterocycles. The number of hydrogen-bond donors (Lipinski definition) is 0. The van der Waals surface area contributed by atoms with Gasteiger partial charge in [-0.15, -0.1) is 0 Å². The van der Waals surface area contributed by atoms with Crippen molar-refractivity contribution in [1.29, 1.82) is 0 Å². The number of halogens is 1. The van der Waals surface area contributed by atoms with Crippen molar-refractivity contribution in [2.45, 2.75) is 33.7 Å². The van der Waals surface area contributed by atoms with Crippen molar-refractivity contribution in [3.05, 3.63) is 59.0 Å². The summed E-state index contributed by atoms with van der Waals surface area (Å²) in [5.74, 6) is 0.525. The molecule has 0 N–H and O–H groups in total. The third-order valence-corrected chi connectivity index (χ3v) is 5.67. The molecule has 1 aromatic heterocycles. The van der Waals surface area contributed by atoms with Gasteiger partial charge >= 0.3 is 5.97 Å². The number of benzene rings is 2. The van der Waals surface area contributed by atoms with E-state index in [-0.39, 0.29) is 12.4 Å². The summed E-state index contributed by atoms with van der Waals surface area (Å²) in [6.45, 7) is 7.15. The molecule has 0 aliphatic carbocycles. The van der Waals surface area contributed by atoms with E-state index >= 15 is 0 Å². The number of rotatable bonds is 6. The molecule has 3 aromatic rings. The standard InChI is InChI=1S/C25H26FNO4/c1-5-30-21-13-16-10-11-27-15(3)22(17-8-7-9-18(26)12-17)23(25(28)31-6-2)24(27)19(16)14-20(21)29-4/h7-9,12-14H,5-6,10-11H2,1-4H3. The summed E-state index contributed by atoms with van der Waals surface area (Å²) in [7, 11) is 1.60. The fourth-order valence-corrected chi connectivity index (χ4v) is 4.39. The normalized spacial score (nSPS) is 12.2. The Morgan fingerprint density at radius 2 is 1.94 bits per heavy atom. The first-order chi connectivity index (χ1) is 15.0. The number of fused-ring (bicyclic) bond motifs is 3. The number of hydrogen-bond acceptors (Lipinski definition) is 4. The number of esters is 1. The van der Waals surface area contributed by atoms with Crippen LogP contribution in [-0.2, 0) is 17.7 Å². The minimum atomic E-state index is -0.417. The van der Waals surface area contributed by atoms with Gasteiger partial charge in [0, 0.05) is 23.4 Å². The monoisotopic (exact) mass is 423 g/mol. The maximum absolute atomic E-state index is 14.1. The number of nitrogens with zero attached hydrogens (tertiary/aromatic N) is 1. The summed E-state index contributed by atoms with van der Waals surface area (Å²) in [4.78, 5) is 13.2. The van der Waals surface area contributed by atoms with Crippen molar-refractivity contribution >= 4 is 5.97 Å². The second kappa shape index (κ2) is 8.46. The maximum Gasteiger partial charge on any atom is 0.340 e. The van der Waals surface area contributed by atoms with Gasteiger partial charge in [0.05, 0.1) is 31.6 Å². The minimum absolute atomic E-state index is 0.255. The predicted octanol–water partition coefficient (Wildman–Crippen LogP) is 5.41. The number of carbonyl (C=O) groups is 1. The Morgan fingerprint density at radius 1 is 1.13 bits per heavy atom. The molecule has 2 heterocycles. The highest BCUT2D eigenvalue weighted by Crippen LogP contribution is 2.45. The van der Waals surface area contributed by atoms with E-state index in [1.165, 1.54) is 12.1 Å². The van der Waals surface area contributed by atoms with Gasteiger partial charge in [-0.2, -0.15) is 0 Å². The number of carbonyl (C=O) groups excluding carboxylic acids is 1. The lowest BCUT2D eigenvalue weighted by atomic mass is 9.93. The fourth-order valence-electron chi connectivity index (χ4n) is 4.39. The summed E-state index contributed by atoms with van der Waals surface area (Å²) in [6, 6.07) is 10.2. The molecule has 0 fully saturated rings. The maximum atomic E-state index is 14.1. The zero-order valence-corrected chi connectivity index (χ0v) is 18.3. The first-order valence-corrected chi connectivity index (χ1v) is 10.5. The van der Waals surface area contributed by atoms with Gasteiger partial charge in [0.1, 0.15) is 5.82 Å². The molecule has 2 aromatic carbocycles. The largest absolute Gasteiger partial charge is 0.493 e. The van der Waals surface area contributed by atoms with Crippen molar-refractivity contribution < 1.29 is 23.4 Å². The lowest BCUT2D eigenvalue weighted by Crippen LogP contribution is -2.15. The van der Waals surface area contributed by atoms with Crippen LogP contribution in [0.1, 0.15) is 35.5 Å². The van der Waals surface area contributed by atoms with Crippen LogP contribution in [0.25, 0.3) is 22.4 Å². The second-order valence-corrected chi connectivity index (χ2v) is 7.41. The Labute approximate surface area is 181 Å². The molecule has 0 unspecified atom stereocenters. The first-order valence-electron chi connectivity index (χ1n) is 10.5. The molecule has 0 spiro atoms. The zero-order valence-electron chi connectivity index (χ0n) is 18.3. The van der Waals surface area contributed by atoms with Gasteiger partial charge in [0.2, 0.25) is 0 Å². The van der Waals surface area contributed by atoms with Crippen LogP contribution in [0.5, 0.6) is 11.5 Å². The van der Waals surface area contributed by atoms with Crippen LogP contribution in [0.3, 0.4) is 0 Å². The Bertz CT molecular complexity index is 1150. The summed E-state index contributed by atoms with van der Waals surface area (Å²) in [6.07, 6.45) is 0.785. The molecule has 1 aliphatic rings. The lowest BCUT2D eigenvalue weighted by Gasteiger charge is -2.23. The van der Waals surface area contributed by atoms with E-state index in [1.54, 1.807) is 20.1 Å². The molecule has 4 rings (SSSR count). The highest BCUT2D eigenvalue weighted by atomic mass is 19.1. The van der Waals surface area contributed by atoms with Crippen LogP contribution >= 0.6 is 0 Å². The first kappa shape index (κ1) is 21.0. The van der Waals surface area contributed by atoms with Gasteiger partial charge in [-0.25, -0.2) is 9.18 Å². The second-order valence-electron chi connectivity index (χ2n) is 7.41. The van der Waals surface area contributed by atoms with Crippen molar-refractivity contribution in [2.24, 2.45) is 0 Å². The zero-order chi connectivity index (χ0) is 22.1. The van der Waals surface area contributed by atoms with E-state index in [0.29, 0.717) is 41.3 Å². The Balaban J connectivity index is 2.02. The van der Waals surface area contributed by atoms with E-state index in [9.17, 15) is 9.18 Å². The molecule has 0 radical (unpaired) electrons. The Morgan fingerprint density at radius 3 is 2.61 bits per heavy atom. The molecule has 6 heteroatoms. The van der Waals surface area contributed by atoms with Crippen LogP contribution < -0.4 is 9.47 Å². The van der Waals surface area contributed by atoms with Crippen molar-refractivity contribution in [1.82, 2.24) is 4.57 Å². The Hall–Kier alpha value is -3.28. The molecule has 0 saturated heterocycles. The van der Waals surface area contributed by atoms with Crippen molar-refractivity contribution in [3.63, 3.8) is 0 Å². The number of aromatic nitrogens is 1. The van der Waals surface area contributed by atoms with E-state index in [2.05, 4.69) is 4.57 Å². The molecular formula is C25H26FNO4. The predicted molar refractivity (Wildman–Crippen MR) is 117 cm³/mol. The number of ether oxygens (including phenoxy) is 3. The average Bonchev–Trinajstić information content (AvgIpc) is 3.06. The van der Waals surface area contributed by atoms with Gasteiger partial charge in [0.15, 0.2) is 11.5 Å². The molecule has 162 valence electrons. The quantitative estimate of drug-likeness (QED) is 0.498. The van der Waals surface area contributed by atoms with Gasteiger partial charge < -0.3 is 18.8 Å². The van der Waals surface area contributed by atoms with E-state index in [0.717, 1.165) is 28.9 Å². The number of aryl methyl sites for hydroxylation is 1. The van der Waals surface area contributed by atoms with Crippen molar-refractivity contribution in [3.8, 4) is 33.9 Å². The minimum Gasteiger partial charge on any atom is -0.493 e. The van der Waals surface area contributed by atoms with Crippen LogP contribution in [0.4, 0.5) is 4.39 Å². The van der Waals surface area contributed by atoms with Gasteiger partial charge in [-0.05, 0) is 62.6 Å². The van der Waals surface area contributed by atoms with Crippen LogP contribution in [0.2, 0.25) is 0 Å².